The van der Waals surface area contributed by atoms with Gasteiger partial charge in [0.1, 0.15) is 0 Å². The van der Waals surface area contributed by atoms with Crippen molar-refractivity contribution in [2.24, 2.45) is 5.10 Å². The number of nitrogens with zero attached hydrogens (tertiary/aromatic N) is 4. The lowest BCUT2D eigenvalue weighted by atomic mass is 10.1. The maximum Gasteiger partial charge on any atom is 0.257 e. The molecular weight excluding hydrogens is 368 g/mol. The Hall–Kier alpha value is -2.03. The Morgan fingerprint density at radius 1 is 1.15 bits per heavy atom. The van der Waals surface area contributed by atoms with Crippen LogP contribution in [0.4, 0.5) is 0 Å². The normalized spacial score (nSPS) is 16.8. The Morgan fingerprint density at radius 2 is 1.88 bits per heavy atom. The van der Waals surface area contributed by atoms with Crippen LogP contribution in [-0.2, 0) is 9.59 Å². The third kappa shape index (κ3) is 4.20. The van der Waals surface area contributed by atoms with E-state index in [1.807, 2.05) is 35.0 Å². The molecule has 8 heteroatoms. The first-order valence-corrected chi connectivity index (χ1v) is 10.1. The fourth-order valence-corrected chi connectivity index (χ4v) is 4.30. The van der Waals surface area contributed by atoms with Gasteiger partial charge in [0.05, 0.1) is 29.7 Å². The summed E-state index contributed by atoms with van der Waals surface area (Å²) in [6, 6.07) is 7.99. The predicted molar refractivity (Wildman–Crippen MR) is 106 cm³/mol. The predicted octanol–water partition coefficient (Wildman–Crippen LogP) is 2.51. The fourth-order valence-electron chi connectivity index (χ4n) is 2.77. The van der Waals surface area contributed by atoms with Crippen LogP contribution in [0.1, 0.15) is 22.2 Å². The van der Waals surface area contributed by atoms with Gasteiger partial charge in [-0.05, 0) is 29.9 Å². The lowest BCUT2D eigenvalue weighted by Crippen LogP contribution is -2.41. The van der Waals surface area contributed by atoms with E-state index in [0.29, 0.717) is 6.42 Å². The van der Waals surface area contributed by atoms with Crippen LogP contribution in [-0.4, -0.2) is 66.6 Å². The molecule has 2 aromatic heterocycles. The summed E-state index contributed by atoms with van der Waals surface area (Å²) in [4.78, 5) is 30.2. The first-order valence-electron chi connectivity index (χ1n) is 8.31. The third-order valence-corrected chi connectivity index (χ3v) is 6.04. The number of carbonyl (C=O) groups excluding carboxylic acids is 2. The van der Waals surface area contributed by atoms with Gasteiger partial charge >= 0.3 is 0 Å². The van der Waals surface area contributed by atoms with E-state index in [2.05, 4.69) is 5.10 Å². The molecule has 1 aliphatic heterocycles. The van der Waals surface area contributed by atoms with Gasteiger partial charge in [0.2, 0.25) is 5.91 Å². The minimum Gasteiger partial charge on any atom is -0.348 e. The van der Waals surface area contributed by atoms with Gasteiger partial charge in [-0.1, -0.05) is 12.1 Å². The van der Waals surface area contributed by atoms with Crippen LogP contribution in [0.5, 0.6) is 0 Å². The first-order chi connectivity index (χ1) is 12.5. The summed E-state index contributed by atoms with van der Waals surface area (Å²) < 4.78 is 0. The second-order valence-electron chi connectivity index (χ2n) is 6.46. The van der Waals surface area contributed by atoms with Crippen LogP contribution >= 0.6 is 22.7 Å². The number of thiophene rings is 2. The molecule has 0 fully saturated rings. The standard InChI is InChI=1S/C18H22N4O2S2/c1-20(2)17(23)11-21(3)12-18(24)22-14(16-7-5-9-26-16)10-13(19-22)15-6-4-8-25-15/h4-9,14H,10-12H2,1-3H3/t14-/m0/s1. The lowest BCUT2D eigenvalue weighted by Gasteiger charge is -2.24. The Morgan fingerprint density at radius 3 is 2.50 bits per heavy atom. The fraction of sp³-hybridized carbons (Fsp3) is 0.389. The van der Waals surface area contributed by atoms with Crippen LogP contribution in [0.2, 0.25) is 0 Å². The van der Waals surface area contributed by atoms with Gasteiger partial charge in [-0.15, -0.1) is 22.7 Å². The lowest BCUT2D eigenvalue weighted by molar-refractivity contribution is -0.135. The van der Waals surface area contributed by atoms with Crippen molar-refractivity contribution in [2.45, 2.75) is 12.5 Å². The van der Waals surface area contributed by atoms with E-state index in [-0.39, 0.29) is 30.9 Å². The first kappa shape index (κ1) is 18.8. The van der Waals surface area contributed by atoms with Gasteiger partial charge < -0.3 is 4.90 Å². The molecule has 3 heterocycles. The van der Waals surface area contributed by atoms with Crippen LogP contribution in [0.3, 0.4) is 0 Å². The number of likely N-dealkylation sites (N-methyl/N-ethyl adjacent to an activating group) is 2. The highest BCUT2D eigenvalue weighted by atomic mass is 32.1. The summed E-state index contributed by atoms with van der Waals surface area (Å²) in [5.41, 5.74) is 0.943. The van der Waals surface area contributed by atoms with E-state index in [0.717, 1.165) is 15.5 Å². The monoisotopic (exact) mass is 390 g/mol. The largest absolute Gasteiger partial charge is 0.348 e. The van der Waals surface area contributed by atoms with Crippen LogP contribution in [0, 0.1) is 0 Å². The second-order valence-corrected chi connectivity index (χ2v) is 8.39. The molecule has 0 unspecified atom stereocenters. The number of hydrazone groups is 1. The average molecular weight is 391 g/mol. The maximum absolute atomic E-state index is 12.9. The molecule has 26 heavy (non-hydrogen) atoms. The summed E-state index contributed by atoms with van der Waals surface area (Å²) in [6.07, 6.45) is 0.715. The van der Waals surface area contributed by atoms with Crippen LogP contribution < -0.4 is 0 Å². The molecule has 6 nitrogen and oxygen atoms in total. The van der Waals surface area contributed by atoms with Gasteiger partial charge in [0.15, 0.2) is 0 Å². The van der Waals surface area contributed by atoms with Crippen molar-refractivity contribution < 1.29 is 9.59 Å². The smallest absolute Gasteiger partial charge is 0.257 e. The molecule has 0 bridgehead atoms. The SMILES string of the molecule is CN(CC(=O)N(C)C)CC(=O)N1N=C(c2cccs2)C[C@H]1c1cccs1. The molecule has 0 spiro atoms. The van der Waals surface area contributed by atoms with Crippen molar-refractivity contribution in [3.8, 4) is 0 Å². The molecular formula is C18H22N4O2S2. The summed E-state index contributed by atoms with van der Waals surface area (Å²) in [6.45, 7) is 0.362. The molecule has 2 aromatic rings. The molecule has 0 saturated heterocycles. The number of carbonyl (C=O) groups is 2. The molecule has 3 rings (SSSR count). The molecule has 1 aliphatic rings. The number of amides is 2. The maximum atomic E-state index is 12.9. The molecule has 138 valence electrons. The molecule has 0 saturated carbocycles. The Kier molecular flexibility index (Phi) is 5.85. The number of hydrogen-bond donors (Lipinski definition) is 0. The van der Waals surface area contributed by atoms with Crippen molar-refractivity contribution in [3.63, 3.8) is 0 Å². The zero-order valence-electron chi connectivity index (χ0n) is 15.1. The van der Waals surface area contributed by atoms with E-state index >= 15 is 0 Å². The van der Waals surface area contributed by atoms with Crippen molar-refractivity contribution in [3.05, 3.63) is 44.8 Å². The summed E-state index contributed by atoms with van der Waals surface area (Å²) in [5, 5.41) is 10.3. The topological polar surface area (TPSA) is 56.2 Å². The highest BCUT2D eigenvalue weighted by Gasteiger charge is 2.34. The minimum atomic E-state index is -0.0935. The van der Waals surface area contributed by atoms with Gasteiger partial charge in [0.25, 0.3) is 5.91 Å². The number of hydrogen-bond acceptors (Lipinski definition) is 6. The molecule has 1 atom stereocenters. The van der Waals surface area contributed by atoms with Crippen molar-refractivity contribution in [1.29, 1.82) is 0 Å². The van der Waals surface area contributed by atoms with E-state index in [9.17, 15) is 9.59 Å². The van der Waals surface area contributed by atoms with Crippen LogP contribution in [0.15, 0.2) is 40.1 Å². The van der Waals surface area contributed by atoms with E-state index < -0.39 is 0 Å². The van der Waals surface area contributed by atoms with E-state index in [4.69, 9.17) is 0 Å². The molecule has 0 aromatic carbocycles. The molecule has 2 amide bonds. The van der Waals surface area contributed by atoms with Gasteiger partial charge in [-0.25, -0.2) is 5.01 Å². The molecule has 0 N–H and O–H groups in total. The average Bonchev–Trinajstić information content (AvgIpc) is 3.33. The van der Waals surface area contributed by atoms with Gasteiger partial charge in [-0.3, -0.25) is 14.5 Å². The van der Waals surface area contributed by atoms with Gasteiger partial charge in [-0.2, -0.15) is 5.10 Å². The van der Waals surface area contributed by atoms with E-state index in [1.54, 1.807) is 53.7 Å². The zero-order valence-corrected chi connectivity index (χ0v) is 16.7. The molecule has 0 radical (unpaired) electrons. The highest BCUT2D eigenvalue weighted by Crippen LogP contribution is 2.35. The summed E-state index contributed by atoms with van der Waals surface area (Å²) >= 11 is 3.27. The van der Waals surface area contributed by atoms with Crippen molar-refractivity contribution in [1.82, 2.24) is 14.8 Å². The van der Waals surface area contributed by atoms with Crippen LogP contribution in [0.25, 0.3) is 0 Å². The van der Waals surface area contributed by atoms with E-state index in [1.165, 1.54) is 4.90 Å². The Bertz CT molecular complexity index is 784. The van der Waals surface area contributed by atoms with Crippen molar-refractivity contribution >= 4 is 40.2 Å². The highest BCUT2D eigenvalue weighted by molar-refractivity contribution is 7.12. The van der Waals surface area contributed by atoms with Crippen molar-refractivity contribution in [2.75, 3.05) is 34.2 Å². The zero-order chi connectivity index (χ0) is 18.7. The summed E-state index contributed by atoms with van der Waals surface area (Å²) in [7, 11) is 5.20. The molecule has 0 aliphatic carbocycles. The number of rotatable bonds is 6. The van der Waals surface area contributed by atoms with Gasteiger partial charge in [0, 0.05) is 25.4 Å². The quantitative estimate of drug-likeness (QED) is 0.762. The Balaban J connectivity index is 1.75. The third-order valence-electron chi connectivity index (χ3n) is 4.15. The Labute approximate surface area is 161 Å². The minimum absolute atomic E-state index is 0.0284. The summed E-state index contributed by atoms with van der Waals surface area (Å²) in [5.74, 6) is -0.122. The second kappa shape index (κ2) is 8.11.